The summed E-state index contributed by atoms with van der Waals surface area (Å²) in [6, 6.07) is 4.47. The highest BCUT2D eigenvalue weighted by Crippen LogP contribution is 2.17. The van der Waals surface area contributed by atoms with Crippen LogP contribution in [-0.4, -0.2) is 30.7 Å². The van der Waals surface area contributed by atoms with Gasteiger partial charge in [0.1, 0.15) is 6.61 Å². The van der Waals surface area contributed by atoms with Crippen molar-refractivity contribution >= 4 is 29.9 Å². The van der Waals surface area contributed by atoms with Crippen molar-refractivity contribution in [2.75, 3.05) is 11.9 Å². The molecular weight excluding hydrogens is 302 g/mol. The fourth-order valence-electron chi connectivity index (χ4n) is 1.66. The highest BCUT2D eigenvalue weighted by Gasteiger charge is 2.14. The van der Waals surface area contributed by atoms with Crippen molar-refractivity contribution in [1.29, 1.82) is 0 Å². The van der Waals surface area contributed by atoms with E-state index in [9.17, 15) is 19.2 Å². The molecule has 8 nitrogen and oxygen atoms in total. The second-order valence-electron chi connectivity index (χ2n) is 5.05. The highest BCUT2D eigenvalue weighted by molar-refractivity contribution is 5.98. The number of anilines is 1. The molecule has 4 N–H and O–H groups in total. The quantitative estimate of drug-likeness (QED) is 0.464. The van der Waals surface area contributed by atoms with Crippen molar-refractivity contribution < 1.29 is 23.9 Å². The molecule has 0 aliphatic heterocycles. The summed E-state index contributed by atoms with van der Waals surface area (Å²) in [6.07, 6.45) is 0.403. The number of carbonyl (C=O) groups is 4. The first-order valence-electron chi connectivity index (χ1n) is 6.91. The third-order valence-corrected chi connectivity index (χ3v) is 2.85. The molecule has 0 unspecified atom stereocenters. The summed E-state index contributed by atoms with van der Waals surface area (Å²) in [4.78, 5) is 44.6. The zero-order chi connectivity index (χ0) is 17.4. The smallest absolute Gasteiger partial charge is 0.308 e. The fourth-order valence-corrected chi connectivity index (χ4v) is 1.66. The topological polar surface area (TPSA) is 128 Å². The van der Waals surface area contributed by atoms with Crippen LogP contribution < -0.4 is 16.4 Å². The summed E-state index contributed by atoms with van der Waals surface area (Å²) in [5.74, 6) is -1.83. The molecule has 0 bridgehead atoms. The summed E-state index contributed by atoms with van der Waals surface area (Å²) >= 11 is 0. The van der Waals surface area contributed by atoms with Crippen LogP contribution in [0.1, 0.15) is 29.8 Å². The van der Waals surface area contributed by atoms with E-state index in [4.69, 9.17) is 10.5 Å². The van der Waals surface area contributed by atoms with Crippen LogP contribution in [-0.2, 0) is 25.7 Å². The molecule has 0 saturated heterocycles. The molecule has 0 atom stereocenters. The number of carbonyl (C=O) groups excluding carboxylic acids is 4. The number of hydrogen-bond donors (Lipinski definition) is 3. The third-order valence-electron chi connectivity index (χ3n) is 2.85. The zero-order valence-corrected chi connectivity index (χ0v) is 12.9. The van der Waals surface area contributed by atoms with Crippen molar-refractivity contribution in [3.05, 3.63) is 29.3 Å². The number of ether oxygens (including phenoxy) is 1. The molecule has 0 heterocycles. The number of amides is 3. The van der Waals surface area contributed by atoms with Crippen molar-refractivity contribution in [3.63, 3.8) is 0 Å². The van der Waals surface area contributed by atoms with Crippen LogP contribution in [0, 0.1) is 5.92 Å². The van der Waals surface area contributed by atoms with Crippen LogP contribution in [0.25, 0.3) is 0 Å². The van der Waals surface area contributed by atoms with E-state index in [0.717, 1.165) is 0 Å². The normalized spacial score (nSPS) is 10.0. The largest absolute Gasteiger partial charge is 0.461 e. The SMILES string of the molecule is CC(C)C(=O)OCc1ccc(NC(=O)CNC=O)cc1C(N)=O. The van der Waals surface area contributed by atoms with Gasteiger partial charge in [0.25, 0.3) is 0 Å². The molecule has 0 aromatic heterocycles. The second-order valence-corrected chi connectivity index (χ2v) is 5.05. The number of nitrogens with two attached hydrogens (primary N) is 1. The predicted octanol–water partition coefficient (Wildman–Crippen LogP) is 0.169. The molecule has 124 valence electrons. The monoisotopic (exact) mass is 321 g/mol. The maximum absolute atomic E-state index is 11.5. The Morgan fingerprint density at radius 2 is 2.00 bits per heavy atom. The van der Waals surface area contributed by atoms with Crippen LogP contribution >= 0.6 is 0 Å². The molecule has 1 aromatic carbocycles. The molecular formula is C15H19N3O5. The average molecular weight is 321 g/mol. The Hall–Kier alpha value is -2.90. The van der Waals surface area contributed by atoms with Gasteiger partial charge in [-0.2, -0.15) is 0 Å². The summed E-state index contributed by atoms with van der Waals surface area (Å²) < 4.78 is 5.07. The van der Waals surface area contributed by atoms with Crippen molar-refractivity contribution in [2.45, 2.75) is 20.5 Å². The Kier molecular flexibility index (Phi) is 6.72. The Bertz CT molecular complexity index is 613. The first kappa shape index (κ1) is 18.1. The standard InChI is InChI=1S/C15H19N3O5/c1-9(2)15(22)23-7-10-3-4-11(5-12(10)14(16)21)18-13(20)6-17-8-19/h3-5,8-9H,6-7H2,1-2H3,(H2,16,21)(H,17,19)(H,18,20). The second kappa shape index (κ2) is 8.52. The van der Waals surface area contributed by atoms with Crippen molar-refractivity contribution in [1.82, 2.24) is 5.32 Å². The van der Waals surface area contributed by atoms with Crippen molar-refractivity contribution in [3.8, 4) is 0 Å². The van der Waals surface area contributed by atoms with E-state index >= 15 is 0 Å². The summed E-state index contributed by atoms with van der Waals surface area (Å²) in [5, 5.41) is 4.73. The van der Waals surface area contributed by atoms with Gasteiger partial charge >= 0.3 is 5.97 Å². The highest BCUT2D eigenvalue weighted by atomic mass is 16.5. The molecule has 0 aliphatic rings. The minimum atomic E-state index is -0.706. The van der Waals surface area contributed by atoms with Crippen LogP contribution in [0.4, 0.5) is 5.69 Å². The van der Waals surface area contributed by atoms with Gasteiger partial charge < -0.3 is 21.1 Å². The average Bonchev–Trinajstić information content (AvgIpc) is 2.50. The number of esters is 1. The van der Waals surface area contributed by atoms with E-state index in [1.54, 1.807) is 19.9 Å². The molecule has 3 amide bonds. The lowest BCUT2D eigenvalue weighted by Crippen LogP contribution is -2.27. The Labute approximate surface area is 133 Å². The molecule has 0 fully saturated rings. The molecule has 0 aliphatic carbocycles. The lowest BCUT2D eigenvalue weighted by atomic mass is 10.1. The molecule has 1 aromatic rings. The number of primary amides is 1. The van der Waals surface area contributed by atoms with E-state index in [1.165, 1.54) is 12.1 Å². The summed E-state index contributed by atoms with van der Waals surface area (Å²) in [7, 11) is 0. The fraction of sp³-hybridized carbons (Fsp3) is 0.333. The van der Waals surface area contributed by atoms with Crippen LogP contribution in [0.3, 0.4) is 0 Å². The minimum Gasteiger partial charge on any atom is -0.461 e. The first-order valence-corrected chi connectivity index (χ1v) is 6.91. The Balaban J connectivity index is 2.85. The molecule has 1 rings (SSSR count). The summed E-state index contributed by atoms with van der Waals surface area (Å²) in [5.41, 5.74) is 6.23. The van der Waals surface area contributed by atoms with E-state index in [1.807, 2.05) is 0 Å². The summed E-state index contributed by atoms with van der Waals surface area (Å²) in [6.45, 7) is 3.12. The van der Waals surface area contributed by atoms with Gasteiger partial charge in [-0.05, 0) is 12.1 Å². The first-order chi connectivity index (χ1) is 10.8. The van der Waals surface area contributed by atoms with Gasteiger partial charge in [0.15, 0.2) is 0 Å². The van der Waals surface area contributed by atoms with Gasteiger partial charge in [0.2, 0.25) is 18.2 Å². The maximum atomic E-state index is 11.5. The van der Waals surface area contributed by atoms with Crippen LogP contribution in [0.2, 0.25) is 0 Å². The number of hydrogen-bond acceptors (Lipinski definition) is 5. The van der Waals surface area contributed by atoms with Gasteiger partial charge in [-0.15, -0.1) is 0 Å². The van der Waals surface area contributed by atoms with E-state index in [2.05, 4.69) is 10.6 Å². The van der Waals surface area contributed by atoms with Gasteiger partial charge in [0, 0.05) is 16.8 Å². The van der Waals surface area contributed by atoms with E-state index in [-0.39, 0.29) is 24.6 Å². The molecule has 23 heavy (non-hydrogen) atoms. The molecule has 0 spiro atoms. The maximum Gasteiger partial charge on any atom is 0.308 e. The number of benzene rings is 1. The van der Waals surface area contributed by atoms with Gasteiger partial charge in [-0.25, -0.2) is 0 Å². The Morgan fingerprint density at radius 1 is 1.30 bits per heavy atom. The lowest BCUT2D eigenvalue weighted by molar-refractivity contribution is -0.148. The molecule has 0 saturated carbocycles. The van der Waals surface area contributed by atoms with Crippen LogP contribution in [0.5, 0.6) is 0 Å². The van der Waals surface area contributed by atoms with Gasteiger partial charge in [0.05, 0.1) is 12.5 Å². The van der Waals surface area contributed by atoms with Crippen molar-refractivity contribution in [2.24, 2.45) is 11.7 Å². The minimum absolute atomic E-state index is 0.0871. The molecule has 8 heteroatoms. The predicted molar refractivity (Wildman–Crippen MR) is 82.3 cm³/mol. The third kappa shape index (κ3) is 5.77. The van der Waals surface area contributed by atoms with E-state index in [0.29, 0.717) is 17.7 Å². The van der Waals surface area contributed by atoms with E-state index < -0.39 is 17.8 Å². The zero-order valence-electron chi connectivity index (χ0n) is 12.9. The Morgan fingerprint density at radius 3 is 2.57 bits per heavy atom. The number of nitrogens with one attached hydrogen (secondary N) is 2. The van der Waals surface area contributed by atoms with Crippen LogP contribution in [0.15, 0.2) is 18.2 Å². The molecule has 0 radical (unpaired) electrons. The lowest BCUT2D eigenvalue weighted by Gasteiger charge is -2.12. The number of rotatable bonds is 8. The van der Waals surface area contributed by atoms with Gasteiger partial charge in [-0.1, -0.05) is 19.9 Å². The van der Waals surface area contributed by atoms with Gasteiger partial charge in [-0.3, -0.25) is 19.2 Å².